The molecule has 2 aliphatic rings. The largest absolute Gasteiger partial charge is 0.493 e. The number of pyridine rings is 2. The van der Waals surface area contributed by atoms with Crippen LogP contribution in [0.4, 0.5) is 16.0 Å². The van der Waals surface area contributed by atoms with Gasteiger partial charge < -0.3 is 15.4 Å². The van der Waals surface area contributed by atoms with Crippen molar-refractivity contribution in [1.82, 2.24) is 14.7 Å². The van der Waals surface area contributed by atoms with Crippen LogP contribution in [0.5, 0.6) is 5.75 Å². The van der Waals surface area contributed by atoms with Gasteiger partial charge in [-0.1, -0.05) is 26.3 Å². The molecular formula is C28H38FN5O4S. The minimum absolute atomic E-state index is 0. The summed E-state index contributed by atoms with van der Waals surface area (Å²) in [6.07, 6.45) is 4.13. The highest BCUT2D eigenvalue weighted by molar-refractivity contribution is 7.90. The van der Waals surface area contributed by atoms with E-state index in [0.717, 1.165) is 25.7 Å². The molecule has 2 unspecified atom stereocenters. The summed E-state index contributed by atoms with van der Waals surface area (Å²) in [6.45, 7) is 5.15. The van der Waals surface area contributed by atoms with Crippen LogP contribution in [0.15, 0.2) is 53.6 Å². The Balaban J connectivity index is 0.00000205. The number of halogens is 1. The van der Waals surface area contributed by atoms with Crippen LogP contribution >= 0.6 is 0 Å². The summed E-state index contributed by atoms with van der Waals surface area (Å²) < 4.78 is 48.2. The van der Waals surface area contributed by atoms with Gasteiger partial charge in [0.1, 0.15) is 23.2 Å². The SMILES string of the molecule is CC(C)COc1cc(F)cc(-c2ccc(C(=O)NS(=O)(=O)c3cccc(N)n3)c(N3CCC4CCCC43)n2)c1.[HH].[HH].[HH]. The van der Waals surface area contributed by atoms with Crippen molar-refractivity contribution < 1.29 is 26.6 Å². The topological polar surface area (TPSA) is 128 Å². The number of anilines is 2. The van der Waals surface area contributed by atoms with Crippen molar-refractivity contribution in [2.24, 2.45) is 11.8 Å². The highest BCUT2D eigenvalue weighted by Gasteiger charge is 2.40. The molecule has 1 aliphatic carbocycles. The van der Waals surface area contributed by atoms with E-state index in [1.54, 1.807) is 12.1 Å². The number of nitrogens with one attached hydrogen (secondary N) is 1. The lowest BCUT2D eigenvalue weighted by molar-refractivity contribution is 0.0981. The quantitative estimate of drug-likeness (QED) is 0.389. The van der Waals surface area contributed by atoms with E-state index in [1.165, 1.54) is 36.4 Å². The summed E-state index contributed by atoms with van der Waals surface area (Å²) in [6, 6.07) is 11.9. The normalized spacial score (nSPS) is 18.8. The van der Waals surface area contributed by atoms with Crippen LogP contribution in [-0.4, -0.2) is 43.5 Å². The lowest BCUT2D eigenvalue weighted by Crippen LogP contribution is -2.36. The fourth-order valence-corrected chi connectivity index (χ4v) is 6.31. The van der Waals surface area contributed by atoms with E-state index < -0.39 is 21.7 Å². The molecule has 0 radical (unpaired) electrons. The van der Waals surface area contributed by atoms with Crippen molar-refractivity contribution in [1.29, 1.82) is 0 Å². The average molecular weight is 560 g/mol. The molecule has 3 N–H and O–H groups in total. The Morgan fingerprint density at radius 1 is 1.18 bits per heavy atom. The van der Waals surface area contributed by atoms with Crippen molar-refractivity contribution >= 4 is 27.6 Å². The molecule has 2 atom stereocenters. The zero-order chi connectivity index (χ0) is 27.7. The molecule has 1 aromatic carbocycles. The van der Waals surface area contributed by atoms with Gasteiger partial charge >= 0.3 is 0 Å². The molecule has 1 amide bonds. The van der Waals surface area contributed by atoms with E-state index >= 15 is 0 Å². The van der Waals surface area contributed by atoms with Gasteiger partial charge in [0.15, 0.2) is 5.03 Å². The first-order valence-corrected chi connectivity index (χ1v) is 14.6. The van der Waals surface area contributed by atoms with Crippen molar-refractivity contribution in [2.45, 2.75) is 50.6 Å². The van der Waals surface area contributed by atoms with Gasteiger partial charge in [-0.05, 0) is 67.5 Å². The summed E-state index contributed by atoms with van der Waals surface area (Å²) in [4.78, 5) is 24.1. The number of nitrogen functional groups attached to an aromatic ring is 1. The highest BCUT2D eigenvalue weighted by Crippen LogP contribution is 2.41. The fourth-order valence-electron chi connectivity index (χ4n) is 5.37. The van der Waals surface area contributed by atoms with Gasteiger partial charge in [-0.2, -0.15) is 8.42 Å². The molecule has 0 bridgehead atoms. The lowest BCUT2D eigenvalue weighted by Gasteiger charge is -2.27. The second-order valence-corrected chi connectivity index (χ2v) is 12.2. The molecule has 1 aliphatic heterocycles. The van der Waals surface area contributed by atoms with E-state index in [1.807, 2.05) is 13.8 Å². The molecule has 39 heavy (non-hydrogen) atoms. The lowest BCUT2D eigenvalue weighted by atomic mass is 10.0. The third-order valence-corrected chi connectivity index (χ3v) is 8.38. The maximum atomic E-state index is 14.5. The molecule has 2 aromatic heterocycles. The molecule has 9 nitrogen and oxygen atoms in total. The molecule has 11 heteroatoms. The first-order valence-electron chi connectivity index (χ1n) is 13.1. The number of carbonyl (C=O) groups is 1. The number of nitrogens with zero attached hydrogens (tertiary/aromatic N) is 3. The second kappa shape index (κ2) is 10.8. The van der Waals surface area contributed by atoms with Crippen LogP contribution in [0.2, 0.25) is 0 Å². The number of hydrogen-bond donors (Lipinski definition) is 2. The fraction of sp³-hybridized carbons (Fsp3) is 0.393. The van der Waals surface area contributed by atoms with Crippen LogP contribution in [0.3, 0.4) is 0 Å². The Morgan fingerprint density at radius 2 is 2.00 bits per heavy atom. The number of benzene rings is 1. The van der Waals surface area contributed by atoms with Crippen LogP contribution in [0.1, 0.15) is 54.2 Å². The molecule has 2 fully saturated rings. The van der Waals surface area contributed by atoms with Gasteiger partial charge in [0, 0.05) is 28.5 Å². The summed E-state index contributed by atoms with van der Waals surface area (Å²) in [7, 11) is -4.28. The number of ether oxygens (including phenoxy) is 1. The van der Waals surface area contributed by atoms with Crippen molar-refractivity contribution in [3.05, 3.63) is 59.9 Å². The number of fused-ring (bicyclic) bond motifs is 1. The van der Waals surface area contributed by atoms with E-state index in [4.69, 9.17) is 15.5 Å². The number of carbonyl (C=O) groups excluding carboxylic acids is 1. The zero-order valence-electron chi connectivity index (χ0n) is 21.9. The minimum atomic E-state index is -4.28. The first kappa shape index (κ1) is 26.9. The number of amides is 1. The highest BCUT2D eigenvalue weighted by atomic mass is 32.2. The molecule has 3 heterocycles. The monoisotopic (exact) mass is 559 g/mol. The Kier molecular flexibility index (Phi) is 7.44. The Labute approximate surface area is 232 Å². The Morgan fingerprint density at radius 3 is 2.77 bits per heavy atom. The summed E-state index contributed by atoms with van der Waals surface area (Å²) >= 11 is 0. The standard InChI is InChI=1S/C28H32FN5O4S.3H2/c1-17(2)16-38-21-14-19(13-20(29)15-21)23-10-9-22(27(31-23)34-12-11-18-5-3-6-24(18)34)28(35)33-39(36,37)26-8-4-7-25(30)32-26;;;/h4,7-10,13-15,17-18,24H,3,5-6,11-12,16H2,1-2H3,(H2,30,32)(H,33,35);3*1H. The molecule has 1 saturated carbocycles. The Bertz CT molecular complexity index is 1510. The maximum absolute atomic E-state index is 14.5. The van der Waals surface area contributed by atoms with E-state index in [0.29, 0.717) is 41.9 Å². The van der Waals surface area contributed by atoms with Gasteiger partial charge in [0.2, 0.25) is 0 Å². The number of sulfonamides is 1. The summed E-state index contributed by atoms with van der Waals surface area (Å²) in [5.74, 6) is 0.271. The molecule has 0 spiro atoms. The summed E-state index contributed by atoms with van der Waals surface area (Å²) in [5, 5.41) is -0.354. The predicted molar refractivity (Wildman–Crippen MR) is 153 cm³/mol. The van der Waals surface area contributed by atoms with Crippen LogP contribution in [-0.2, 0) is 10.0 Å². The van der Waals surface area contributed by atoms with Gasteiger partial charge in [-0.25, -0.2) is 19.1 Å². The van der Waals surface area contributed by atoms with E-state index in [9.17, 15) is 17.6 Å². The third kappa shape index (κ3) is 5.83. The molecule has 5 rings (SSSR count). The van der Waals surface area contributed by atoms with E-state index in [2.05, 4.69) is 14.6 Å². The van der Waals surface area contributed by atoms with Crippen LogP contribution < -0.4 is 20.1 Å². The average Bonchev–Trinajstić information content (AvgIpc) is 3.51. The van der Waals surface area contributed by atoms with Crippen LogP contribution in [0, 0.1) is 17.7 Å². The third-order valence-electron chi connectivity index (χ3n) is 7.15. The van der Waals surface area contributed by atoms with Crippen molar-refractivity contribution in [3.8, 4) is 17.0 Å². The minimum Gasteiger partial charge on any atom is -0.493 e. The van der Waals surface area contributed by atoms with Gasteiger partial charge in [-0.15, -0.1) is 0 Å². The Hall–Kier alpha value is -3.73. The smallest absolute Gasteiger partial charge is 0.281 e. The molecule has 212 valence electrons. The number of aromatic nitrogens is 2. The maximum Gasteiger partial charge on any atom is 0.281 e. The second-order valence-electron chi connectivity index (χ2n) is 10.5. The molecule has 1 saturated heterocycles. The van der Waals surface area contributed by atoms with E-state index in [-0.39, 0.29) is 32.6 Å². The van der Waals surface area contributed by atoms with Crippen molar-refractivity contribution in [3.63, 3.8) is 0 Å². The van der Waals surface area contributed by atoms with Gasteiger partial charge in [0.25, 0.3) is 15.9 Å². The molecular weight excluding hydrogens is 521 g/mol. The predicted octanol–water partition coefficient (Wildman–Crippen LogP) is 5.14. The van der Waals surface area contributed by atoms with Crippen LogP contribution in [0.25, 0.3) is 11.3 Å². The number of rotatable bonds is 8. The first-order chi connectivity index (χ1) is 18.6. The zero-order valence-corrected chi connectivity index (χ0v) is 22.7. The summed E-state index contributed by atoms with van der Waals surface area (Å²) in [5.41, 5.74) is 6.71. The number of nitrogens with two attached hydrogens (primary N) is 1. The number of hydrogen-bond acceptors (Lipinski definition) is 8. The van der Waals surface area contributed by atoms with Gasteiger partial charge in [0.05, 0.1) is 17.9 Å². The van der Waals surface area contributed by atoms with Gasteiger partial charge in [-0.3, -0.25) is 4.79 Å². The molecule has 3 aromatic rings. The van der Waals surface area contributed by atoms with Crippen molar-refractivity contribution in [2.75, 3.05) is 23.8 Å².